The number of carbonyl (C=O) groups excluding carboxylic acids is 1. The molecular formula is C15H21NO3S. The van der Waals surface area contributed by atoms with Gasteiger partial charge in [-0.15, -0.1) is 11.3 Å². The van der Waals surface area contributed by atoms with Crippen molar-refractivity contribution in [2.45, 2.75) is 32.4 Å². The second-order valence-electron chi connectivity index (χ2n) is 5.15. The standard InChI is InChI=1S/C15H21NO3S/c1-15(2,19-4)9-14(18)16(3)10-13-8-12(11-20-13)6-5-7-17/h8,11,17H,7,9-10H2,1-4H3. The van der Waals surface area contributed by atoms with Crippen molar-refractivity contribution in [3.63, 3.8) is 0 Å². The Kier molecular flexibility index (Phi) is 6.21. The van der Waals surface area contributed by atoms with Gasteiger partial charge < -0.3 is 14.7 Å². The number of carbonyl (C=O) groups is 1. The van der Waals surface area contributed by atoms with Gasteiger partial charge in [0.15, 0.2) is 0 Å². The molecule has 1 aromatic heterocycles. The lowest BCUT2D eigenvalue weighted by molar-refractivity contribution is -0.135. The molecule has 0 atom stereocenters. The monoisotopic (exact) mass is 295 g/mol. The maximum atomic E-state index is 12.1. The Labute approximate surface area is 124 Å². The van der Waals surface area contributed by atoms with Crippen LogP contribution >= 0.6 is 11.3 Å². The first-order valence-corrected chi connectivity index (χ1v) is 7.22. The van der Waals surface area contributed by atoms with Crippen LogP contribution in [-0.2, 0) is 16.1 Å². The maximum absolute atomic E-state index is 12.1. The summed E-state index contributed by atoms with van der Waals surface area (Å²) in [6, 6.07) is 1.94. The van der Waals surface area contributed by atoms with Gasteiger partial charge in [-0.1, -0.05) is 11.8 Å². The summed E-state index contributed by atoms with van der Waals surface area (Å²) in [4.78, 5) is 14.8. The Morgan fingerprint density at radius 3 is 2.85 bits per heavy atom. The van der Waals surface area contributed by atoms with Gasteiger partial charge in [-0.2, -0.15) is 0 Å². The molecule has 0 saturated heterocycles. The van der Waals surface area contributed by atoms with Crippen molar-refractivity contribution < 1.29 is 14.6 Å². The molecule has 0 aliphatic rings. The Bertz CT molecular complexity index is 511. The molecule has 1 aromatic rings. The minimum Gasteiger partial charge on any atom is -0.384 e. The fourth-order valence-corrected chi connectivity index (χ4v) is 2.43. The Hall–Kier alpha value is -1.35. The van der Waals surface area contributed by atoms with E-state index in [1.54, 1.807) is 30.4 Å². The molecule has 1 N–H and O–H groups in total. The molecule has 0 radical (unpaired) electrons. The lowest BCUT2D eigenvalue weighted by atomic mass is 10.0. The maximum Gasteiger partial charge on any atom is 0.225 e. The zero-order valence-electron chi connectivity index (χ0n) is 12.4. The highest BCUT2D eigenvalue weighted by Crippen LogP contribution is 2.18. The first kappa shape index (κ1) is 16.7. The van der Waals surface area contributed by atoms with Crippen LogP contribution in [0.3, 0.4) is 0 Å². The average molecular weight is 295 g/mol. The third-order valence-corrected chi connectivity index (χ3v) is 3.84. The summed E-state index contributed by atoms with van der Waals surface area (Å²) in [5.41, 5.74) is 0.426. The van der Waals surface area contributed by atoms with Crippen LogP contribution in [0, 0.1) is 11.8 Å². The van der Waals surface area contributed by atoms with Crippen LogP contribution < -0.4 is 0 Å². The molecule has 0 aliphatic heterocycles. The van der Waals surface area contributed by atoms with E-state index >= 15 is 0 Å². The smallest absolute Gasteiger partial charge is 0.225 e. The molecule has 0 aromatic carbocycles. The van der Waals surface area contributed by atoms with Gasteiger partial charge in [0, 0.05) is 30.0 Å². The first-order chi connectivity index (χ1) is 9.38. The summed E-state index contributed by atoms with van der Waals surface area (Å²) >= 11 is 1.56. The molecule has 0 saturated carbocycles. The molecule has 1 heterocycles. The fraction of sp³-hybridized carbons (Fsp3) is 0.533. The quantitative estimate of drug-likeness (QED) is 0.844. The van der Waals surface area contributed by atoms with E-state index in [4.69, 9.17) is 9.84 Å². The SMILES string of the molecule is COC(C)(C)CC(=O)N(C)Cc1cc(C#CCO)cs1. The topological polar surface area (TPSA) is 49.8 Å². The number of hydrogen-bond acceptors (Lipinski definition) is 4. The average Bonchev–Trinajstić information content (AvgIpc) is 2.83. The number of aliphatic hydroxyl groups is 1. The number of amides is 1. The van der Waals surface area contributed by atoms with Crippen LogP contribution in [0.25, 0.3) is 0 Å². The molecule has 0 bridgehead atoms. The summed E-state index contributed by atoms with van der Waals surface area (Å²) in [6.45, 7) is 4.21. The number of methoxy groups -OCH3 is 1. The summed E-state index contributed by atoms with van der Waals surface area (Å²) in [5.74, 6) is 5.51. The molecule has 4 nitrogen and oxygen atoms in total. The van der Waals surface area contributed by atoms with E-state index < -0.39 is 5.60 Å². The van der Waals surface area contributed by atoms with Gasteiger partial charge in [0.05, 0.1) is 18.6 Å². The van der Waals surface area contributed by atoms with E-state index in [1.165, 1.54) is 0 Å². The molecule has 0 spiro atoms. The van der Waals surface area contributed by atoms with Crippen molar-refractivity contribution in [2.24, 2.45) is 0 Å². The van der Waals surface area contributed by atoms with Gasteiger partial charge in [0.1, 0.15) is 6.61 Å². The van der Waals surface area contributed by atoms with Crippen molar-refractivity contribution in [2.75, 3.05) is 20.8 Å². The Balaban J connectivity index is 2.59. The van der Waals surface area contributed by atoms with Crippen LogP contribution in [0.4, 0.5) is 0 Å². The zero-order chi connectivity index (χ0) is 15.2. The van der Waals surface area contributed by atoms with Gasteiger partial charge >= 0.3 is 0 Å². The van der Waals surface area contributed by atoms with E-state index in [0.29, 0.717) is 13.0 Å². The van der Waals surface area contributed by atoms with Crippen LogP contribution in [0.15, 0.2) is 11.4 Å². The fourth-order valence-electron chi connectivity index (χ4n) is 1.56. The molecule has 0 fully saturated rings. The Morgan fingerprint density at radius 2 is 2.25 bits per heavy atom. The van der Waals surface area contributed by atoms with Crippen molar-refractivity contribution in [3.05, 3.63) is 21.9 Å². The van der Waals surface area contributed by atoms with Crippen LogP contribution in [0.1, 0.15) is 30.7 Å². The minimum absolute atomic E-state index is 0.0493. The van der Waals surface area contributed by atoms with Gasteiger partial charge in [-0.05, 0) is 19.9 Å². The zero-order valence-corrected chi connectivity index (χ0v) is 13.2. The molecule has 110 valence electrons. The summed E-state index contributed by atoms with van der Waals surface area (Å²) < 4.78 is 5.27. The highest BCUT2D eigenvalue weighted by atomic mass is 32.1. The lowest BCUT2D eigenvalue weighted by Gasteiger charge is -2.25. The first-order valence-electron chi connectivity index (χ1n) is 6.34. The third kappa shape index (κ3) is 5.33. The van der Waals surface area contributed by atoms with E-state index in [0.717, 1.165) is 10.4 Å². The van der Waals surface area contributed by atoms with Crippen molar-refractivity contribution >= 4 is 17.2 Å². The summed E-state index contributed by atoms with van der Waals surface area (Å²) in [6.07, 6.45) is 0.350. The summed E-state index contributed by atoms with van der Waals surface area (Å²) in [7, 11) is 3.39. The predicted octanol–water partition coefficient (Wildman–Crippen LogP) is 1.87. The number of thiophene rings is 1. The lowest BCUT2D eigenvalue weighted by Crippen LogP contribution is -2.34. The molecule has 0 aliphatic carbocycles. The Morgan fingerprint density at radius 1 is 1.55 bits per heavy atom. The molecule has 20 heavy (non-hydrogen) atoms. The van der Waals surface area contributed by atoms with Crippen LogP contribution in [-0.4, -0.2) is 42.3 Å². The van der Waals surface area contributed by atoms with Crippen molar-refractivity contribution in [3.8, 4) is 11.8 Å². The molecule has 1 amide bonds. The number of nitrogens with zero attached hydrogens (tertiary/aromatic N) is 1. The molecule has 5 heteroatoms. The highest BCUT2D eigenvalue weighted by molar-refractivity contribution is 7.10. The number of rotatable bonds is 5. The number of hydrogen-bond donors (Lipinski definition) is 1. The van der Waals surface area contributed by atoms with E-state index in [9.17, 15) is 4.79 Å². The van der Waals surface area contributed by atoms with Crippen LogP contribution in [0.5, 0.6) is 0 Å². The predicted molar refractivity (Wildman–Crippen MR) is 80.5 cm³/mol. The van der Waals surface area contributed by atoms with Crippen LogP contribution in [0.2, 0.25) is 0 Å². The van der Waals surface area contributed by atoms with Gasteiger partial charge in [0.2, 0.25) is 5.91 Å². The highest BCUT2D eigenvalue weighted by Gasteiger charge is 2.23. The number of ether oxygens (including phenoxy) is 1. The molecule has 0 unspecified atom stereocenters. The molecule has 1 rings (SSSR count). The van der Waals surface area contributed by atoms with E-state index in [-0.39, 0.29) is 12.5 Å². The van der Waals surface area contributed by atoms with Gasteiger partial charge in [0.25, 0.3) is 0 Å². The molecular weight excluding hydrogens is 274 g/mol. The minimum atomic E-state index is -0.446. The van der Waals surface area contributed by atoms with Gasteiger partial charge in [-0.25, -0.2) is 0 Å². The van der Waals surface area contributed by atoms with Crippen molar-refractivity contribution in [1.29, 1.82) is 0 Å². The normalized spacial score (nSPS) is 10.8. The van der Waals surface area contributed by atoms with E-state index in [2.05, 4.69) is 11.8 Å². The second-order valence-corrected chi connectivity index (χ2v) is 6.15. The third-order valence-electron chi connectivity index (χ3n) is 2.91. The second kappa shape index (κ2) is 7.44. The van der Waals surface area contributed by atoms with E-state index in [1.807, 2.05) is 25.3 Å². The van der Waals surface area contributed by atoms with Crippen molar-refractivity contribution in [1.82, 2.24) is 4.90 Å². The number of aliphatic hydroxyl groups excluding tert-OH is 1. The van der Waals surface area contributed by atoms with Gasteiger partial charge in [-0.3, -0.25) is 4.79 Å². The largest absolute Gasteiger partial charge is 0.384 e. The summed E-state index contributed by atoms with van der Waals surface area (Å²) in [5, 5.41) is 10.6.